The molecule has 0 bridgehead atoms. The number of rotatable bonds is 17. The fraction of sp³-hybridized carbons (Fsp3) is 0.521. The van der Waals surface area contributed by atoms with Gasteiger partial charge in [0.15, 0.2) is 0 Å². The van der Waals surface area contributed by atoms with Crippen molar-refractivity contribution in [2.45, 2.75) is 138 Å². The Labute approximate surface area is 311 Å². The summed E-state index contributed by atoms with van der Waals surface area (Å²) in [6, 6.07) is 28.4. The fourth-order valence-corrected chi connectivity index (χ4v) is 14.5. The van der Waals surface area contributed by atoms with E-state index in [-0.39, 0.29) is 5.60 Å². The standard InChI is InChI=1S/C48H65O2Si/c1-34(2)18-14-19-35(3)20-15-21-36(4)22-17-30-48(8)31-29-41-39(7)46(37(5)38(6)47(41)50-48)49-32-33-51(40-23-10-9-11-24-40)44-27-13-12-25-42(44)43-26-16-28-45(43)51/h9-13,16,23-28,34-36H,14-15,17-22,29-33H2,1-8H3/q-1/t35-,36-,48-,51-/m1/s1. The van der Waals surface area contributed by atoms with Gasteiger partial charge in [-0.1, -0.05) is 137 Å². The van der Waals surface area contributed by atoms with E-state index in [2.05, 4.69) is 128 Å². The molecule has 0 radical (unpaired) electrons. The molecule has 0 saturated carbocycles. The molecule has 4 aromatic rings. The first kappa shape index (κ1) is 37.6. The first-order valence-corrected chi connectivity index (χ1v) is 22.6. The van der Waals surface area contributed by atoms with E-state index >= 15 is 0 Å². The van der Waals surface area contributed by atoms with Crippen molar-refractivity contribution < 1.29 is 9.47 Å². The van der Waals surface area contributed by atoms with E-state index in [1.807, 2.05) is 0 Å². The Morgan fingerprint density at radius 1 is 0.765 bits per heavy atom. The molecule has 0 fully saturated rings. The van der Waals surface area contributed by atoms with Gasteiger partial charge in [-0.25, -0.2) is 0 Å². The molecule has 0 aromatic heterocycles. The van der Waals surface area contributed by atoms with Crippen LogP contribution < -0.4 is 25.0 Å². The van der Waals surface area contributed by atoms with Gasteiger partial charge in [0.1, 0.15) is 17.1 Å². The Balaban J connectivity index is 1.08. The van der Waals surface area contributed by atoms with Gasteiger partial charge >= 0.3 is 0 Å². The predicted molar refractivity (Wildman–Crippen MR) is 222 cm³/mol. The fourth-order valence-electron chi connectivity index (χ4n) is 9.49. The summed E-state index contributed by atoms with van der Waals surface area (Å²) in [5.74, 6) is 4.72. The maximum absolute atomic E-state index is 7.00. The van der Waals surface area contributed by atoms with Crippen LogP contribution in [0.25, 0.3) is 11.1 Å². The summed E-state index contributed by atoms with van der Waals surface area (Å²) in [5.41, 5.74) is 7.87. The topological polar surface area (TPSA) is 18.5 Å². The molecule has 2 aliphatic heterocycles. The van der Waals surface area contributed by atoms with Crippen LogP contribution in [0.3, 0.4) is 0 Å². The van der Waals surface area contributed by atoms with Crippen molar-refractivity contribution in [2.24, 2.45) is 17.8 Å². The zero-order valence-corrected chi connectivity index (χ0v) is 34.2. The van der Waals surface area contributed by atoms with E-state index in [9.17, 15) is 0 Å². The molecule has 0 saturated heterocycles. The monoisotopic (exact) mass is 701 g/mol. The highest BCUT2D eigenvalue weighted by molar-refractivity contribution is 7.14. The first-order valence-electron chi connectivity index (χ1n) is 20.4. The molecule has 3 heteroatoms. The summed E-state index contributed by atoms with van der Waals surface area (Å²) in [4.78, 5) is 0. The van der Waals surface area contributed by atoms with Gasteiger partial charge in [0.25, 0.3) is 0 Å². The van der Waals surface area contributed by atoms with Crippen LogP contribution in [-0.2, 0) is 6.42 Å². The molecular weight excluding hydrogens is 637 g/mol. The smallest absolute Gasteiger partial charge is 0.127 e. The van der Waals surface area contributed by atoms with Crippen LogP contribution in [0.5, 0.6) is 11.5 Å². The molecule has 6 rings (SSSR count). The Bertz CT molecular complexity index is 1750. The van der Waals surface area contributed by atoms with Crippen LogP contribution in [0.15, 0.2) is 72.8 Å². The lowest BCUT2D eigenvalue weighted by Crippen LogP contribution is -2.65. The summed E-state index contributed by atoms with van der Waals surface area (Å²) in [6.07, 6.45) is 14.1. The highest BCUT2D eigenvalue weighted by Crippen LogP contribution is 2.45. The van der Waals surface area contributed by atoms with E-state index in [0.29, 0.717) is 6.61 Å². The quantitative estimate of drug-likeness (QED) is 0.0806. The zero-order chi connectivity index (χ0) is 36.2. The average Bonchev–Trinajstić information content (AvgIpc) is 3.70. The molecule has 0 spiro atoms. The molecule has 2 nitrogen and oxygen atoms in total. The van der Waals surface area contributed by atoms with Crippen LogP contribution in [0.4, 0.5) is 0 Å². The molecule has 0 aliphatic carbocycles. The van der Waals surface area contributed by atoms with Crippen molar-refractivity contribution in [3.8, 4) is 22.6 Å². The van der Waals surface area contributed by atoms with Crippen LogP contribution >= 0.6 is 0 Å². The van der Waals surface area contributed by atoms with Gasteiger partial charge in [0.05, 0.1) is 14.7 Å². The third-order valence-electron chi connectivity index (χ3n) is 12.8. The Morgan fingerprint density at radius 2 is 1.43 bits per heavy atom. The largest absolute Gasteiger partial charge is 0.493 e. The third kappa shape index (κ3) is 7.95. The van der Waals surface area contributed by atoms with Gasteiger partial charge in [0, 0.05) is 5.56 Å². The van der Waals surface area contributed by atoms with Gasteiger partial charge in [-0.2, -0.15) is 12.1 Å². The summed E-state index contributed by atoms with van der Waals surface area (Å²) in [5, 5.41) is 4.55. The second-order valence-electron chi connectivity index (χ2n) is 17.2. The molecular formula is C48H65O2Si-. The van der Waals surface area contributed by atoms with Crippen molar-refractivity contribution >= 4 is 23.6 Å². The molecule has 0 unspecified atom stereocenters. The molecule has 0 amide bonds. The van der Waals surface area contributed by atoms with Gasteiger partial charge in [-0.15, -0.1) is 22.9 Å². The molecule has 0 N–H and O–H groups in total. The maximum Gasteiger partial charge on any atom is 0.127 e. The lowest BCUT2D eigenvalue weighted by molar-refractivity contribution is 0.0511. The molecule has 2 aliphatic rings. The summed E-state index contributed by atoms with van der Waals surface area (Å²) in [6.45, 7) is 19.4. The SMILES string of the molecule is Cc1c(C)c2c(c(C)c1OCC[Si@@]1(c3ccccc3)c3ccccc3-[c-]3cccc31)CC[C@@](C)(CCC[C@H](C)CCC[C@H](C)CCCC(C)C)O2. The highest BCUT2D eigenvalue weighted by atomic mass is 28.3. The first-order chi connectivity index (χ1) is 24.5. The molecule has 4 atom stereocenters. The van der Waals surface area contributed by atoms with E-state index in [1.54, 1.807) is 0 Å². The minimum atomic E-state index is -2.24. The zero-order valence-electron chi connectivity index (χ0n) is 33.2. The number of hydrogen-bond acceptors (Lipinski definition) is 2. The van der Waals surface area contributed by atoms with Gasteiger partial charge in [-0.05, 0) is 93.9 Å². The molecule has 274 valence electrons. The van der Waals surface area contributed by atoms with E-state index in [4.69, 9.17) is 9.47 Å². The molecule has 2 heterocycles. The van der Waals surface area contributed by atoms with Crippen molar-refractivity contribution in [3.05, 3.63) is 95.1 Å². The van der Waals surface area contributed by atoms with Crippen LogP contribution in [0.1, 0.15) is 121 Å². The summed E-state index contributed by atoms with van der Waals surface area (Å²) in [7, 11) is -2.24. The van der Waals surface area contributed by atoms with Gasteiger partial charge in [-0.3, -0.25) is 0 Å². The number of fused-ring (bicyclic) bond motifs is 4. The van der Waals surface area contributed by atoms with Crippen LogP contribution in [0, 0.1) is 38.5 Å². The van der Waals surface area contributed by atoms with Crippen molar-refractivity contribution in [1.29, 1.82) is 0 Å². The third-order valence-corrected chi connectivity index (χ3v) is 17.8. The number of benzene rings is 3. The van der Waals surface area contributed by atoms with Crippen LogP contribution in [0.2, 0.25) is 6.04 Å². The Morgan fingerprint density at radius 3 is 2.16 bits per heavy atom. The normalized spacial score (nSPS) is 20.4. The van der Waals surface area contributed by atoms with E-state index in [0.717, 1.165) is 54.6 Å². The Kier molecular flexibility index (Phi) is 12.0. The lowest BCUT2D eigenvalue weighted by Gasteiger charge is -2.39. The van der Waals surface area contributed by atoms with Gasteiger partial charge in [0.2, 0.25) is 0 Å². The van der Waals surface area contributed by atoms with Crippen molar-refractivity contribution in [3.63, 3.8) is 0 Å². The minimum Gasteiger partial charge on any atom is -0.493 e. The van der Waals surface area contributed by atoms with Crippen molar-refractivity contribution in [1.82, 2.24) is 0 Å². The lowest BCUT2D eigenvalue weighted by atomic mass is 9.83. The number of ether oxygens (including phenoxy) is 2. The molecule has 4 aromatic carbocycles. The van der Waals surface area contributed by atoms with Crippen molar-refractivity contribution in [2.75, 3.05) is 6.61 Å². The second kappa shape index (κ2) is 16.2. The Hall–Kier alpha value is -3.17. The summed E-state index contributed by atoms with van der Waals surface area (Å²) < 4.78 is 13.9. The highest BCUT2D eigenvalue weighted by Gasteiger charge is 2.42. The summed E-state index contributed by atoms with van der Waals surface area (Å²) >= 11 is 0. The maximum atomic E-state index is 7.00. The minimum absolute atomic E-state index is 0.0928. The average molecular weight is 702 g/mol. The molecule has 51 heavy (non-hydrogen) atoms. The van der Waals surface area contributed by atoms with E-state index in [1.165, 1.54) is 100 Å². The van der Waals surface area contributed by atoms with Crippen LogP contribution in [-0.4, -0.2) is 20.3 Å². The second-order valence-corrected chi connectivity index (χ2v) is 21.2. The van der Waals surface area contributed by atoms with Gasteiger partial charge < -0.3 is 9.47 Å². The van der Waals surface area contributed by atoms with E-state index < -0.39 is 8.07 Å². The number of hydrogen-bond donors (Lipinski definition) is 0. The predicted octanol–water partition coefficient (Wildman–Crippen LogP) is 11.4.